The molecule has 0 aliphatic carbocycles. The Kier molecular flexibility index (Phi) is 5.48. The molecule has 1 aliphatic heterocycles. The van der Waals surface area contributed by atoms with E-state index in [9.17, 15) is 19.1 Å². The Morgan fingerprint density at radius 2 is 2.04 bits per heavy atom. The third-order valence-corrected chi connectivity index (χ3v) is 7.22. The van der Waals surface area contributed by atoms with Crippen LogP contribution in [0.3, 0.4) is 0 Å². The zero-order valence-electron chi connectivity index (χ0n) is 15.3. The van der Waals surface area contributed by atoms with E-state index in [1.165, 1.54) is 23.5 Å². The summed E-state index contributed by atoms with van der Waals surface area (Å²) in [5.41, 5.74) is -0.0834. The molecule has 0 spiro atoms. The van der Waals surface area contributed by atoms with Gasteiger partial charge in [0.1, 0.15) is 5.60 Å². The smallest absolute Gasteiger partial charge is 0.410 e. The SMILES string of the molecule is CC(C)(C)OC(=O)N1CCC(S(=O)c2nc3cc([N+](=O)[O-])ccc3s2)CC1. The molecule has 146 valence electrons. The number of aromatic nitrogens is 1. The Bertz CT molecular complexity index is 898. The van der Waals surface area contributed by atoms with E-state index < -0.39 is 21.3 Å². The molecule has 1 atom stereocenters. The van der Waals surface area contributed by atoms with Crippen LogP contribution >= 0.6 is 11.3 Å². The lowest BCUT2D eigenvalue weighted by Gasteiger charge is -2.32. The van der Waals surface area contributed by atoms with Crippen LogP contribution in [0.2, 0.25) is 0 Å². The topological polar surface area (TPSA) is 103 Å². The molecular weight excluding hydrogens is 390 g/mol. The van der Waals surface area contributed by atoms with Crippen LogP contribution in [0, 0.1) is 10.1 Å². The number of amides is 1. The first-order valence-electron chi connectivity index (χ1n) is 8.57. The average Bonchev–Trinajstić information content (AvgIpc) is 3.02. The Hall–Kier alpha value is -2.07. The van der Waals surface area contributed by atoms with Crippen LogP contribution in [0.5, 0.6) is 0 Å². The van der Waals surface area contributed by atoms with Crippen LogP contribution in [0.1, 0.15) is 33.6 Å². The van der Waals surface area contributed by atoms with Crippen molar-refractivity contribution in [2.75, 3.05) is 13.1 Å². The molecular formula is C17H21N3O5S2. The highest BCUT2D eigenvalue weighted by atomic mass is 32.2. The summed E-state index contributed by atoms with van der Waals surface area (Å²) in [6, 6.07) is 4.46. The molecule has 2 heterocycles. The number of rotatable bonds is 3. The van der Waals surface area contributed by atoms with E-state index >= 15 is 0 Å². The highest BCUT2D eigenvalue weighted by molar-refractivity contribution is 7.88. The zero-order valence-corrected chi connectivity index (χ0v) is 17.0. The molecule has 2 aromatic rings. The summed E-state index contributed by atoms with van der Waals surface area (Å²) in [6.07, 6.45) is 0.850. The van der Waals surface area contributed by atoms with E-state index in [-0.39, 0.29) is 17.0 Å². The molecule has 3 rings (SSSR count). The average molecular weight is 412 g/mol. The zero-order chi connectivity index (χ0) is 19.8. The molecule has 0 saturated carbocycles. The number of carbonyl (C=O) groups excluding carboxylic acids is 1. The van der Waals surface area contributed by atoms with Gasteiger partial charge in [0.2, 0.25) is 0 Å². The van der Waals surface area contributed by atoms with Crippen LogP contribution in [0.15, 0.2) is 22.5 Å². The molecule has 0 N–H and O–H groups in total. The second-order valence-electron chi connectivity index (χ2n) is 7.35. The maximum Gasteiger partial charge on any atom is 0.410 e. The first kappa shape index (κ1) is 19.7. The van der Waals surface area contributed by atoms with Crippen molar-refractivity contribution in [2.45, 2.75) is 48.8 Å². The quantitative estimate of drug-likeness (QED) is 0.563. The van der Waals surface area contributed by atoms with Gasteiger partial charge >= 0.3 is 6.09 Å². The summed E-state index contributed by atoms with van der Waals surface area (Å²) < 4.78 is 19.5. The Labute approximate surface area is 163 Å². The minimum Gasteiger partial charge on any atom is -0.444 e. The standard InChI is InChI=1S/C17H21N3O5S2/c1-17(2,3)25-16(21)19-8-6-12(7-9-19)27(24)15-18-13-10-11(20(22)23)4-5-14(13)26-15/h4-5,10,12H,6-9H2,1-3H3. The number of ether oxygens (including phenoxy) is 1. The van der Waals surface area contributed by atoms with Gasteiger partial charge in [0.25, 0.3) is 5.69 Å². The van der Waals surface area contributed by atoms with Crippen molar-refractivity contribution < 1.29 is 18.7 Å². The third kappa shape index (κ3) is 4.62. The largest absolute Gasteiger partial charge is 0.444 e. The van der Waals surface area contributed by atoms with Crippen LogP contribution in [-0.4, -0.2) is 49.0 Å². The number of likely N-dealkylation sites (tertiary alicyclic amines) is 1. The summed E-state index contributed by atoms with van der Waals surface area (Å²) in [7, 11) is -1.31. The Morgan fingerprint density at radius 3 is 2.63 bits per heavy atom. The number of thiazole rings is 1. The molecule has 10 heteroatoms. The summed E-state index contributed by atoms with van der Waals surface area (Å²) >= 11 is 1.30. The monoisotopic (exact) mass is 411 g/mol. The number of hydrogen-bond donors (Lipinski definition) is 0. The lowest BCUT2D eigenvalue weighted by atomic mass is 10.1. The summed E-state index contributed by atoms with van der Waals surface area (Å²) in [4.78, 5) is 28.5. The fourth-order valence-corrected chi connectivity index (χ4v) is 5.61. The minimum absolute atomic E-state index is 0.0317. The summed E-state index contributed by atoms with van der Waals surface area (Å²) in [5, 5.41) is 10.8. The number of fused-ring (bicyclic) bond motifs is 1. The molecule has 1 saturated heterocycles. The molecule has 27 heavy (non-hydrogen) atoms. The van der Waals surface area contributed by atoms with Crippen molar-refractivity contribution in [1.82, 2.24) is 9.88 Å². The highest BCUT2D eigenvalue weighted by Crippen LogP contribution is 2.30. The van der Waals surface area contributed by atoms with Gasteiger partial charge in [-0.15, -0.1) is 11.3 Å². The molecule has 8 nitrogen and oxygen atoms in total. The first-order valence-corrected chi connectivity index (χ1v) is 10.6. The van der Waals surface area contributed by atoms with E-state index in [2.05, 4.69) is 4.98 Å². The van der Waals surface area contributed by atoms with Crippen LogP contribution < -0.4 is 0 Å². The van der Waals surface area contributed by atoms with E-state index in [0.717, 1.165) is 4.70 Å². The highest BCUT2D eigenvalue weighted by Gasteiger charge is 2.31. The molecule has 1 unspecified atom stereocenters. The number of hydrogen-bond acceptors (Lipinski definition) is 7. The van der Waals surface area contributed by atoms with Crippen molar-refractivity contribution in [3.8, 4) is 0 Å². The van der Waals surface area contributed by atoms with Gasteiger partial charge in [0, 0.05) is 30.5 Å². The van der Waals surface area contributed by atoms with Crippen molar-refractivity contribution >= 4 is 44.1 Å². The molecule has 0 radical (unpaired) electrons. The van der Waals surface area contributed by atoms with E-state index in [4.69, 9.17) is 4.74 Å². The van der Waals surface area contributed by atoms with Crippen molar-refractivity contribution in [2.24, 2.45) is 0 Å². The van der Waals surface area contributed by atoms with Crippen LogP contribution in [0.25, 0.3) is 10.2 Å². The van der Waals surface area contributed by atoms with Gasteiger partial charge in [-0.1, -0.05) is 0 Å². The van der Waals surface area contributed by atoms with Gasteiger partial charge in [0.15, 0.2) is 4.34 Å². The maximum absolute atomic E-state index is 12.9. The van der Waals surface area contributed by atoms with Crippen molar-refractivity contribution in [3.05, 3.63) is 28.3 Å². The lowest BCUT2D eigenvalue weighted by Crippen LogP contribution is -2.43. The number of carbonyl (C=O) groups is 1. The van der Waals surface area contributed by atoms with E-state index in [1.807, 2.05) is 20.8 Å². The number of nitro groups is 1. The Morgan fingerprint density at radius 1 is 1.37 bits per heavy atom. The van der Waals surface area contributed by atoms with Crippen molar-refractivity contribution in [1.29, 1.82) is 0 Å². The number of nitro benzene ring substituents is 1. The summed E-state index contributed by atoms with van der Waals surface area (Å²) in [5.74, 6) is 0. The molecule has 1 aromatic carbocycles. The fourth-order valence-electron chi connectivity index (χ4n) is 2.82. The minimum atomic E-state index is -1.31. The lowest BCUT2D eigenvalue weighted by molar-refractivity contribution is -0.384. The summed E-state index contributed by atoms with van der Waals surface area (Å²) in [6.45, 7) is 6.45. The number of non-ortho nitro benzene ring substituents is 1. The normalized spacial score (nSPS) is 17.1. The number of benzene rings is 1. The second-order valence-corrected chi connectivity index (χ2v) is 10.3. The third-order valence-electron chi connectivity index (χ3n) is 4.13. The Balaban J connectivity index is 1.66. The molecule has 1 amide bonds. The fraction of sp³-hybridized carbons (Fsp3) is 0.529. The van der Waals surface area contributed by atoms with Crippen LogP contribution in [-0.2, 0) is 15.5 Å². The van der Waals surface area contributed by atoms with Gasteiger partial charge in [0.05, 0.1) is 25.9 Å². The predicted molar refractivity (Wildman–Crippen MR) is 104 cm³/mol. The van der Waals surface area contributed by atoms with Gasteiger partial charge in [-0.2, -0.15) is 0 Å². The van der Waals surface area contributed by atoms with E-state index in [1.54, 1.807) is 11.0 Å². The van der Waals surface area contributed by atoms with Gasteiger partial charge in [-0.25, -0.2) is 9.78 Å². The van der Waals surface area contributed by atoms with Gasteiger partial charge < -0.3 is 9.64 Å². The molecule has 1 aromatic heterocycles. The first-order chi connectivity index (χ1) is 12.6. The predicted octanol–water partition coefficient (Wildman–Crippen LogP) is 3.71. The van der Waals surface area contributed by atoms with Crippen molar-refractivity contribution in [3.63, 3.8) is 0 Å². The van der Waals surface area contributed by atoms with Crippen LogP contribution in [0.4, 0.5) is 10.5 Å². The molecule has 0 bridgehead atoms. The van der Waals surface area contributed by atoms with Gasteiger partial charge in [-0.3, -0.25) is 14.3 Å². The molecule has 1 fully saturated rings. The number of piperidine rings is 1. The molecule has 1 aliphatic rings. The second kappa shape index (κ2) is 7.51. The maximum atomic E-state index is 12.9. The van der Waals surface area contributed by atoms with Gasteiger partial charge in [-0.05, 0) is 39.7 Å². The van der Waals surface area contributed by atoms with E-state index in [0.29, 0.717) is 35.8 Å². The number of nitrogens with zero attached hydrogens (tertiary/aromatic N) is 3.